The van der Waals surface area contributed by atoms with E-state index >= 15 is 0 Å². The van der Waals surface area contributed by atoms with Gasteiger partial charge in [-0.05, 0) is 42.0 Å². The van der Waals surface area contributed by atoms with Crippen LogP contribution in [0.3, 0.4) is 0 Å². The van der Waals surface area contributed by atoms with Crippen molar-refractivity contribution in [1.82, 2.24) is 14.5 Å². The van der Waals surface area contributed by atoms with Crippen molar-refractivity contribution in [1.29, 1.82) is 0 Å². The lowest BCUT2D eigenvalue weighted by atomic mass is 10.2. The van der Waals surface area contributed by atoms with E-state index in [0.717, 1.165) is 16.6 Å². The Labute approximate surface area is 137 Å². The zero-order valence-corrected chi connectivity index (χ0v) is 12.7. The lowest BCUT2D eigenvalue weighted by Crippen LogP contribution is -2.11. The van der Waals surface area contributed by atoms with Crippen molar-refractivity contribution in [3.8, 4) is 11.4 Å². The average molecular weight is 319 g/mol. The van der Waals surface area contributed by atoms with Gasteiger partial charge in [-0.15, -0.1) is 0 Å². The van der Waals surface area contributed by atoms with Crippen LogP contribution in [0.1, 0.15) is 5.56 Å². The molecule has 4 aromatic rings. The Morgan fingerprint density at radius 2 is 1.79 bits per heavy atom. The smallest absolute Gasteiger partial charge is 0.258 e. The van der Waals surface area contributed by atoms with E-state index in [4.69, 9.17) is 0 Å². The van der Waals surface area contributed by atoms with E-state index in [0.29, 0.717) is 17.9 Å². The molecule has 118 valence electrons. The Kier molecular flexibility index (Phi) is 3.46. The summed E-state index contributed by atoms with van der Waals surface area (Å²) in [7, 11) is 0. The molecule has 0 unspecified atom stereocenters. The number of nitrogens with one attached hydrogen (secondary N) is 1. The Hall–Kier alpha value is -3.21. The molecular weight excluding hydrogens is 305 g/mol. The SMILES string of the molecule is O=c1[nH]cccc1-c1nc2ccccc2n1Cc1ccc(F)cc1. The number of halogens is 1. The maximum Gasteiger partial charge on any atom is 0.258 e. The first-order chi connectivity index (χ1) is 11.7. The molecule has 2 aromatic heterocycles. The van der Waals surface area contributed by atoms with Crippen LogP contribution in [-0.2, 0) is 6.54 Å². The molecule has 4 rings (SSSR count). The number of rotatable bonds is 3. The number of aromatic amines is 1. The minimum Gasteiger partial charge on any atom is -0.328 e. The lowest BCUT2D eigenvalue weighted by molar-refractivity contribution is 0.626. The number of H-pyrrole nitrogens is 1. The fraction of sp³-hybridized carbons (Fsp3) is 0.0526. The highest BCUT2D eigenvalue weighted by atomic mass is 19.1. The Balaban J connectivity index is 1.92. The summed E-state index contributed by atoms with van der Waals surface area (Å²) in [5, 5.41) is 0. The molecule has 0 radical (unpaired) electrons. The van der Waals surface area contributed by atoms with Crippen LogP contribution in [0.4, 0.5) is 4.39 Å². The summed E-state index contributed by atoms with van der Waals surface area (Å²) in [5.74, 6) is 0.330. The van der Waals surface area contributed by atoms with Gasteiger partial charge in [-0.3, -0.25) is 4.79 Å². The molecule has 0 atom stereocenters. The third-order valence-electron chi connectivity index (χ3n) is 3.97. The molecule has 0 bridgehead atoms. The Bertz CT molecular complexity index is 1060. The van der Waals surface area contributed by atoms with E-state index in [-0.39, 0.29) is 11.4 Å². The Morgan fingerprint density at radius 1 is 1.00 bits per heavy atom. The first-order valence-electron chi connectivity index (χ1n) is 7.60. The van der Waals surface area contributed by atoms with Crippen LogP contribution in [0.15, 0.2) is 71.7 Å². The van der Waals surface area contributed by atoms with Crippen LogP contribution in [0.25, 0.3) is 22.4 Å². The minimum atomic E-state index is -0.269. The number of pyridine rings is 1. The molecule has 2 heterocycles. The molecular formula is C19H14FN3O. The van der Waals surface area contributed by atoms with E-state index in [1.165, 1.54) is 12.1 Å². The van der Waals surface area contributed by atoms with Gasteiger partial charge in [-0.2, -0.15) is 0 Å². The highest BCUT2D eigenvalue weighted by Gasteiger charge is 2.15. The van der Waals surface area contributed by atoms with Crippen LogP contribution in [0, 0.1) is 5.82 Å². The predicted molar refractivity (Wildman–Crippen MR) is 91.3 cm³/mol. The average Bonchev–Trinajstić information content (AvgIpc) is 2.96. The topological polar surface area (TPSA) is 50.7 Å². The molecule has 4 nitrogen and oxygen atoms in total. The molecule has 0 saturated heterocycles. The van der Waals surface area contributed by atoms with E-state index < -0.39 is 0 Å². The van der Waals surface area contributed by atoms with Gasteiger partial charge in [0.05, 0.1) is 16.6 Å². The number of hydrogen-bond donors (Lipinski definition) is 1. The molecule has 0 amide bonds. The standard InChI is InChI=1S/C19H14FN3O/c20-14-9-7-13(8-10-14)12-23-17-6-2-1-5-16(17)22-18(23)15-4-3-11-21-19(15)24/h1-11H,12H2,(H,21,24). The molecule has 0 fully saturated rings. The monoisotopic (exact) mass is 319 g/mol. The summed E-state index contributed by atoms with van der Waals surface area (Å²) in [6.45, 7) is 0.504. The first kappa shape index (κ1) is 14.4. The number of hydrogen-bond acceptors (Lipinski definition) is 2. The highest BCUT2D eigenvalue weighted by molar-refractivity contribution is 5.80. The second kappa shape index (κ2) is 5.77. The van der Waals surface area contributed by atoms with Gasteiger partial charge in [-0.25, -0.2) is 9.37 Å². The minimum absolute atomic E-state index is 0.187. The number of para-hydroxylation sites is 2. The van der Waals surface area contributed by atoms with Crippen molar-refractivity contribution in [3.63, 3.8) is 0 Å². The molecule has 0 aliphatic heterocycles. The van der Waals surface area contributed by atoms with Gasteiger partial charge in [0.15, 0.2) is 0 Å². The number of fused-ring (bicyclic) bond motifs is 1. The summed E-state index contributed by atoms with van der Waals surface area (Å²) >= 11 is 0. The van der Waals surface area contributed by atoms with Crippen LogP contribution in [0.2, 0.25) is 0 Å². The van der Waals surface area contributed by atoms with Gasteiger partial charge in [0.2, 0.25) is 0 Å². The van der Waals surface area contributed by atoms with Crippen molar-refractivity contribution >= 4 is 11.0 Å². The summed E-state index contributed by atoms with van der Waals surface area (Å²) < 4.78 is 15.1. The molecule has 0 aliphatic carbocycles. The van der Waals surface area contributed by atoms with Crippen LogP contribution < -0.4 is 5.56 Å². The third-order valence-corrected chi connectivity index (χ3v) is 3.97. The number of imidazole rings is 1. The van der Waals surface area contributed by atoms with E-state index in [1.807, 2.05) is 28.8 Å². The first-order valence-corrected chi connectivity index (χ1v) is 7.60. The Morgan fingerprint density at radius 3 is 2.58 bits per heavy atom. The summed E-state index contributed by atoms with van der Waals surface area (Å²) in [4.78, 5) is 19.5. The number of benzene rings is 2. The van der Waals surface area contributed by atoms with Gasteiger partial charge in [0, 0.05) is 12.7 Å². The maximum absolute atomic E-state index is 13.2. The fourth-order valence-corrected chi connectivity index (χ4v) is 2.81. The molecule has 2 aromatic carbocycles. The van der Waals surface area contributed by atoms with Crippen molar-refractivity contribution < 1.29 is 4.39 Å². The zero-order valence-electron chi connectivity index (χ0n) is 12.7. The van der Waals surface area contributed by atoms with Crippen LogP contribution in [0.5, 0.6) is 0 Å². The quantitative estimate of drug-likeness (QED) is 0.627. The van der Waals surface area contributed by atoms with E-state index in [2.05, 4.69) is 9.97 Å². The zero-order chi connectivity index (χ0) is 16.5. The maximum atomic E-state index is 13.2. The molecule has 0 saturated carbocycles. The van der Waals surface area contributed by atoms with Crippen LogP contribution in [-0.4, -0.2) is 14.5 Å². The second-order valence-electron chi connectivity index (χ2n) is 5.55. The number of aromatic nitrogens is 3. The molecule has 0 aliphatic rings. The molecule has 0 spiro atoms. The lowest BCUT2D eigenvalue weighted by Gasteiger charge is -2.09. The van der Waals surface area contributed by atoms with Gasteiger partial charge in [0.25, 0.3) is 5.56 Å². The van der Waals surface area contributed by atoms with Gasteiger partial charge in [-0.1, -0.05) is 24.3 Å². The number of nitrogens with zero attached hydrogens (tertiary/aromatic N) is 2. The van der Waals surface area contributed by atoms with Crippen LogP contribution >= 0.6 is 0 Å². The second-order valence-corrected chi connectivity index (χ2v) is 5.55. The van der Waals surface area contributed by atoms with Crippen molar-refractivity contribution in [2.45, 2.75) is 6.54 Å². The van der Waals surface area contributed by atoms with Gasteiger partial charge in [0.1, 0.15) is 11.6 Å². The van der Waals surface area contributed by atoms with Gasteiger partial charge < -0.3 is 9.55 Å². The third kappa shape index (κ3) is 2.50. The van der Waals surface area contributed by atoms with Crippen molar-refractivity contribution in [2.24, 2.45) is 0 Å². The van der Waals surface area contributed by atoms with E-state index in [9.17, 15) is 9.18 Å². The fourth-order valence-electron chi connectivity index (χ4n) is 2.81. The summed E-state index contributed by atoms with van der Waals surface area (Å²) in [6, 6.07) is 17.6. The van der Waals surface area contributed by atoms with Crippen molar-refractivity contribution in [2.75, 3.05) is 0 Å². The van der Waals surface area contributed by atoms with Crippen molar-refractivity contribution in [3.05, 3.63) is 88.6 Å². The molecule has 24 heavy (non-hydrogen) atoms. The summed E-state index contributed by atoms with van der Waals surface area (Å²) in [5.41, 5.74) is 3.01. The highest BCUT2D eigenvalue weighted by Crippen LogP contribution is 2.23. The van der Waals surface area contributed by atoms with Gasteiger partial charge >= 0.3 is 0 Å². The summed E-state index contributed by atoms with van der Waals surface area (Å²) in [6.07, 6.45) is 1.60. The molecule has 1 N–H and O–H groups in total. The van der Waals surface area contributed by atoms with E-state index in [1.54, 1.807) is 30.5 Å². The normalized spacial score (nSPS) is 11.0. The molecule has 5 heteroatoms. The predicted octanol–water partition coefficient (Wildman–Crippen LogP) is 3.58. The largest absolute Gasteiger partial charge is 0.328 e.